The summed E-state index contributed by atoms with van der Waals surface area (Å²) in [5, 5.41) is 9.12. The summed E-state index contributed by atoms with van der Waals surface area (Å²) in [6.45, 7) is 2.98. The molecule has 2 atom stereocenters. The van der Waals surface area contributed by atoms with Gasteiger partial charge in [0.25, 0.3) is 0 Å². The van der Waals surface area contributed by atoms with Crippen LogP contribution in [0.4, 0.5) is 5.69 Å². The van der Waals surface area contributed by atoms with Crippen molar-refractivity contribution in [2.45, 2.75) is 32.1 Å². The van der Waals surface area contributed by atoms with Gasteiger partial charge in [0.05, 0.1) is 5.92 Å². The highest BCUT2D eigenvalue weighted by atomic mass is 16.5. The average molecular weight is 357 g/mol. The molecule has 6 heteroatoms. The highest BCUT2D eigenvalue weighted by Gasteiger charge is 2.52. The Morgan fingerprint density at radius 3 is 2.31 bits per heavy atom. The van der Waals surface area contributed by atoms with E-state index in [9.17, 15) is 9.59 Å². The number of amides is 2. The Kier molecular flexibility index (Phi) is 4.61. The van der Waals surface area contributed by atoms with Gasteiger partial charge in [0.2, 0.25) is 11.8 Å². The van der Waals surface area contributed by atoms with Gasteiger partial charge in [-0.3, -0.25) is 14.8 Å². The van der Waals surface area contributed by atoms with Crippen LogP contribution in [0.1, 0.15) is 32.1 Å². The average Bonchev–Trinajstić information content (AvgIpc) is 3.46. The SMILES string of the molecule is O=C(NO)[C@H]1CC2(CC[C@@H]1C(=O)N1CCN(c3ccccc3)CC1)CC2. The van der Waals surface area contributed by atoms with E-state index in [1.165, 1.54) is 5.69 Å². The minimum absolute atomic E-state index is 0.0850. The maximum absolute atomic E-state index is 13.1. The molecule has 1 saturated heterocycles. The molecule has 2 aliphatic carbocycles. The Morgan fingerprint density at radius 1 is 1.00 bits per heavy atom. The second kappa shape index (κ2) is 6.91. The van der Waals surface area contributed by atoms with Crippen LogP contribution < -0.4 is 10.4 Å². The highest BCUT2D eigenvalue weighted by molar-refractivity contribution is 5.87. The van der Waals surface area contributed by atoms with E-state index in [0.29, 0.717) is 13.1 Å². The van der Waals surface area contributed by atoms with Crippen molar-refractivity contribution in [3.05, 3.63) is 30.3 Å². The predicted octanol–water partition coefficient (Wildman–Crippen LogP) is 2.04. The zero-order chi connectivity index (χ0) is 18.1. The molecular formula is C20H27N3O3. The van der Waals surface area contributed by atoms with Gasteiger partial charge in [0, 0.05) is 37.8 Å². The van der Waals surface area contributed by atoms with Crippen molar-refractivity contribution >= 4 is 17.5 Å². The molecule has 3 fully saturated rings. The highest BCUT2D eigenvalue weighted by Crippen LogP contribution is 2.59. The van der Waals surface area contributed by atoms with Crippen LogP contribution in [-0.4, -0.2) is 48.1 Å². The van der Waals surface area contributed by atoms with Gasteiger partial charge in [-0.05, 0) is 49.7 Å². The standard InChI is InChI=1S/C20H27N3O3/c24-18(21-26)17-14-20(8-9-20)7-6-16(17)19(25)23-12-10-22(11-13-23)15-4-2-1-3-5-15/h1-5,16-17,26H,6-14H2,(H,21,24)/t16-,17-/m0/s1. The van der Waals surface area contributed by atoms with Crippen LogP contribution in [0, 0.1) is 17.3 Å². The first-order valence-corrected chi connectivity index (χ1v) is 9.65. The lowest BCUT2D eigenvalue weighted by Gasteiger charge is -2.41. The number of carbonyl (C=O) groups is 2. The summed E-state index contributed by atoms with van der Waals surface area (Å²) in [7, 11) is 0. The van der Waals surface area contributed by atoms with Gasteiger partial charge in [-0.25, -0.2) is 5.48 Å². The number of hydroxylamine groups is 1. The van der Waals surface area contributed by atoms with Crippen molar-refractivity contribution in [1.82, 2.24) is 10.4 Å². The fourth-order valence-electron chi connectivity index (χ4n) is 4.72. The van der Waals surface area contributed by atoms with Gasteiger partial charge in [-0.15, -0.1) is 0 Å². The molecule has 0 radical (unpaired) electrons. The lowest BCUT2D eigenvalue weighted by Crippen LogP contribution is -2.53. The fourth-order valence-corrected chi connectivity index (χ4v) is 4.72. The second-order valence-electron chi connectivity index (χ2n) is 8.08. The van der Waals surface area contributed by atoms with Gasteiger partial charge < -0.3 is 9.80 Å². The molecular weight excluding hydrogens is 330 g/mol. The monoisotopic (exact) mass is 357 g/mol. The van der Waals surface area contributed by atoms with Crippen LogP contribution in [0.5, 0.6) is 0 Å². The van der Waals surface area contributed by atoms with Crippen LogP contribution in [-0.2, 0) is 9.59 Å². The van der Waals surface area contributed by atoms with Gasteiger partial charge in [0.1, 0.15) is 0 Å². The summed E-state index contributed by atoms with van der Waals surface area (Å²) in [5.41, 5.74) is 3.25. The van der Waals surface area contributed by atoms with Crippen LogP contribution in [0.3, 0.4) is 0 Å². The molecule has 2 N–H and O–H groups in total. The van der Waals surface area contributed by atoms with Crippen molar-refractivity contribution < 1.29 is 14.8 Å². The largest absolute Gasteiger partial charge is 0.368 e. The summed E-state index contributed by atoms with van der Waals surface area (Å²) in [6.07, 6.45) is 4.83. The van der Waals surface area contributed by atoms with Crippen molar-refractivity contribution in [2.75, 3.05) is 31.1 Å². The van der Waals surface area contributed by atoms with Crippen LogP contribution in [0.25, 0.3) is 0 Å². The number of nitrogens with zero attached hydrogens (tertiary/aromatic N) is 2. The summed E-state index contributed by atoms with van der Waals surface area (Å²) >= 11 is 0. The number of hydrogen-bond donors (Lipinski definition) is 2. The summed E-state index contributed by atoms with van der Waals surface area (Å²) in [4.78, 5) is 29.5. The summed E-state index contributed by atoms with van der Waals surface area (Å²) in [6, 6.07) is 10.2. The van der Waals surface area contributed by atoms with E-state index in [-0.39, 0.29) is 17.2 Å². The van der Waals surface area contributed by atoms with Crippen molar-refractivity contribution in [3.8, 4) is 0 Å². The van der Waals surface area contributed by atoms with Crippen LogP contribution in [0.2, 0.25) is 0 Å². The molecule has 1 aromatic carbocycles. The Morgan fingerprint density at radius 2 is 1.69 bits per heavy atom. The third kappa shape index (κ3) is 3.30. The van der Waals surface area contributed by atoms with E-state index >= 15 is 0 Å². The molecule has 1 aromatic rings. The molecule has 26 heavy (non-hydrogen) atoms. The first-order chi connectivity index (χ1) is 12.6. The van der Waals surface area contributed by atoms with Gasteiger partial charge in [-0.2, -0.15) is 0 Å². The Labute approximate surface area is 154 Å². The van der Waals surface area contributed by atoms with E-state index in [1.807, 2.05) is 23.1 Å². The Bertz CT molecular complexity index is 666. The Balaban J connectivity index is 1.40. The first kappa shape index (κ1) is 17.3. The van der Waals surface area contributed by atoms with Gasteiger partial charge in [0.15, 0.2) is 0 Å². The molecule has 6 nitrogen and oxygen atoms in total. The number of carbonyl (C=O) groups excluding carboxylic acids is 2. The molecule has 1 heterocycles. The molecule has 1 aliphatic heterocycles. The third-order valence-corrected chi connectivity index (χ3v) is 6.56. The topological polar surface area (TPSA) is 72.9 Å². The Hall–Kier alpha value is -2.08. The quantitative estimate of drug-likeness (QED) is 0.641. The molecule has 1 spiro atoms. The van der Waals surface area contributed by atoms with E-state index in [0.717, 1.165) is 45.2 Å². The third-order valence-electron chi connectivity index (χ3n) is 6.56. The summed E-state index contributed by atoms with van der Waals surface area (Å²) in [5.74, 6) is -0.994. The molecule has 0 bridgehead atoms. The number of anilines is 1. The number of nitrogens with one attached hydrogen (secondary N) is 1. The molecule has 0 aromatic heterocycles. The number of para-hydroxylation sites is 1. The minimum atomic E-state index is -0.393. The smallest absolute Gasteiger partial charge is 0.247 e. The molecule has 2 amide bonds. The minimum Gasteiger partial charge on any atom is -0.368 e. The molecule has 140 valence electrons. The van der Waals surface area contributed by atoms with Gasteiger partial charge >= 0.3 is 0 Å². The maximum atomic E-state index is 13.1. The van der Waals surface area contributed by atoms with E-state index in [4.69, 9.17) is 5.21 Å². The maximum Gasteiger partial charge on any atom is 0.247 e. The lowest BCUT2D eigenvalue weighted by atomic mass is 9.71. The zero-order valence-electron chi connectivity index (χ0n) is 15.1. The fraction of sp³-hybridized carbons (Fsp3) is 0.600. The second-order valence-corrected chi connectivity index (χ2v) is 8.08. The lowest BCUT2D eigenvalue weighted by molar-refractivity contribution is -0.148. The van der Waals surface area contributed by atoms with Crippen molar-refractivity contribution in [2.24, 2.45) is 17.3 Å². The normalized spacial score (nSPS) is 27.3. The molecule has 2 saturated carbocycles. The first-order valence-electron chi connectivity index (χ1n) is 9.65. The molecule has 4 rings (SSSR count). The van der Waals surface area contributed by atoms with Gasteiger partial charge in [-0.1, -0.05) is 18.2 Å². The van der Waals surface area contributed by atoms with E-state index < -0.39 is 11.8 Å². The number of piperazine rings is 1. The number of rotatable bonds is 3. The zero-order valence-corrected chi connectivity index (χ0v) is 15.1. The van der Waals surface area contributed by atoms with Crippen LogP contribution >= 0.6 is 0 Å². The summed E-state index contributed by atoms with van der Waals surface area (Å²) < 4.78 is 0. The molecule has 3 aliphatic rings. The number of benzene rings is 1. The predicted molar refractivity (Wildman–Crippen MR) is 97.7 cm³/mol. The molecule has 0 unspecified atom stereocenters. The van der Waals surface area contributed by atoms with Crippen LogP contribution in [0.15, 0.2) is 30.3 Å². The number of hydrogen-bond acceptors (Lipinski definition) is 4. The van der Waals surface area contributed by atoms with Crippen molar-refractivity contribution in [1.29, 1.82) is 0 Å². The van der Waals surface area contributed by atoms with E-state index in [2.05, 4.69) is 17.0 Å². The van der Waals surface area contributed by atoms with Crippen molar-refractivity contribution in [3.63, 3.8) is 0 Å². The van der Waals surface area contributed by atoms with E-state index in [1.54, 1.807) is 5.48 Å².